The average Bonchev–Trinajstić information content (AvgIpc) is 2.72. The van der Waals surface area contributed by atoms with Crippen molar-refractivity contribution < 1.29 is 14.7 Å². The van der Waals surface area contributed by atoms with Gasteiger partial charge in [0.2, 0.25) is 5.91 Å². The molecule has 0 spiro atoms. The fraction of sp³-hybridized carbons (Fsp3) is 0.167. The number of carboxylic acids is 1. The van der Waals surface area contributed by atoms with E-state index >= 15 is 0 Å². The first-order valence-electron chi connectivity index (χ1n) is 9.31. The third-order valence-electron chi connectivity index (χ3n) is 5.38. The first-order chi connectivity index (χ1) is 13.5. The molecule has 3 aromatic carbocycles. The fourth-order valence-electron chi connectivity index (χ4n) is 3.86. The van der Waals surface area contributed by atoms with Gasteiger partial charge < -0.3 is 10.0 Å². The van der Waals surface area contributed by atoms with Crippen molar-refractivity contribution in [3.63, 3.8) is 0 Å². The lowest BCUT2D eigenvalue weighted by atomic mass is 9.86. The number of hydrogen-bond acceptors (Lipinski definition) is 2. The van der Waals surface area contributed by atoms with Gasteiger partial charge in [0.05, 0.1) is 5.56 Å². The molecule has 4 heteroatoms. The predicted octanol–water partition coefficient (Wildman–Crippen LogP) is 4.43. The number of hydrogen-bond donors (Lipinski definition) is 1. The first kappa shape index (κ1) is 18.0. The van der Waals surface area contributed by atoms with Gasteiger partial charge in [-0.15, -0.1) is 0 Å². The van der Waals surface area contributed by atoms with Crippen LogP contribution in [0.5, 0.6) is 0 Å². The highest BCUT2D eigenvalue weighted by Crippen LogP contribution is 2.32. The molecule has 0 saturated heterocycles. The van der Waals surface area contributed by atoms with Gasteiger partial charge in [-0.1, -0.05) is 54.6 Å². The van der Waals surface area contributed by atoms with Crippen molar-refractivity contribution in [3.05, 3.63) is 89.5 Å². The van der Waals surface area contributed by atoms with Crippen LogP contribution in [0.15, 0.2) is 72.8 Å². The minimum Gasteiger partial charge on any atom is -0.478 e. The Labute approximate surface area is 164 Å². The van der Waals surface area contributed by atoms with Crippen molar-refractivity contribution in [2.75, 3.05) is 11.9 Å². The number of amides is 1. The van der Waals surface area contributed by atoms with E-state index in [1.54, 1.807) is 30.1 Å². The van der Waals surface area contributed by atoms with Gasteiger partial charge in [-0.3, -0.25) is 4.79 Å². The number of anilines is 1. The zero-order valence-electron chi connectivity index (χ0n) is 15.6. The summed E-state index contributed by atoms with van der Waals surface area (Å²) < 4.78 is 0. The van der Waals surface area contributed by atoms with Crippen LogP contribution in [0.1, 0.15) is 21.5 Å². The second-order valence-electron chi connectivity index (χ2n) is 7.21. The fourth-order valence-corrected chi connectivity index (χ4v) is 3.86. The highest BCUT2D eigenvalue weighted by molar-refractivity contribution is 5.99. The van der Waals surface area contributed by atoms with Gasteiger partial charge in [0, 0.05) is 18.7 Å². The maximum atomic E-state index is 12.8. The van der Waals surface area contributed by atoms with Crippen molar-refractivity contribution in [2.24, 2.45) is 5.92 Å². The topological polar surface area (TPSA) is 57.6 Å². The first-order valence-corrected chi connectivity index (χ1v) is 9.31. The van der Waals surface area contributed by atoms with E-state index in [0.717, 1.165) is 27.9 Å². The monoisotopic (exact) mass is 371 g/mol. The van der Waals surface area contributed by atoms with Crippen LogP contribution < -0.4 is 4.90 Å². The van der Waals surface area contributed by atoms with Crippen LogP contribution in [0.4, 0.5) is 5.69 Å². The van der Waals surface area contributed by atoms with E-state index in [0.29, 0.717) is 12.8 Å². The van der Waals surface area contributed by atoms with Gasteiger partial charge in [-0.25, -0.2) is 4.79 Å². The van der Waals surface area contributed by atoms with E-state index in [9.17, 15) is 14.7 Å². The molecule has 140 valence electrons. The summed E-state index contributed by atoms with van der Waals surface area (Å²) in [5, 5.41) is 9.24. The number of carbonyl (C=O) groups excluding carboxylic acids is 1. The number of aromatic carboxylic acids is 1. The van der Waals surface area contributed by atoms with Crippen LogP contribution in [-0.4, -0.2) is 24.0 Å². The summed E-state index contributed by atoms with van der Waals surface area (Å²) in [6.45, 7) is 0. The van der Waals surface area contributed by atoms with Crippen molar-refractivity contribution in [3.8, 4) is 11.1 Å². The molecule has 1 amide bonds. The lowest BCUT2D eigenvalue weighted by molar-refractivity contribution is -0.122. The maximum Gasteiger partial charge on any atom is 0.335 e. The third kappa shape index (κ3) is 3.41. The normalized spacial score (nSPS) is 16.0. The van der Waals surface area contributed by atoms with Crippen molar-refractivity contribution in [2.45, 2.75) is 12.8 Å². The largest absolute Gasteiger partial charge is 0.478 e. The molecule has 3 aromatic rings. The Hall–Kier alpha value is -3.40. The summed E-state index contributed by atoms with van der Waals surface area (Å²) in [5.41, 5.74) is 5.38. The van der Waals surface area contributed by atoms with E-state index < -0.39 is 5.97 Å². The lowest BCUT2D eigenvalue weighted by Gasteiger charge is -2.32. The van der Waals surface area contributed by atoms with Gasteiger partial charge in [-0.05, 0) is 53.3 Å². The molecular formula is C24H21NO3. The van der Waals surface area contributed by atoms with E-state index in [1.807, 2.05) is 18.2 Å². The highest BCUT2D eigenvalue weighted by atomic mass is 16.4. The molecule has 1 atom stereocenters. The molecule has 0 fully saturated rings. The van der Waals surface area contributed by atoms with E-state index in [-0.39, 0.29) is 17.4 Å². The summed E-state index contributed by atoms with van der Waals surface area (Å²) in [5.74, 6) is -1.07. The Balaban J connectivity index is 1.56. The third-order valence-corrected chi connectivity index (χ3v) is 5.38. The Morgan fingerprint density at radius 2 is 1.68 bits per heavy atom. The van der Waals surface area contributed by atoms with Crippen molar-refractivity contribution >= 4 is 17.6 Å². The Kier molecular flexibility index (Phi) is 4.70. The zero-order valence-corrected chi connectivity index (χ0v) is 15.6. The highest BCUT2D eigenvalue weighted by Gasteiger charge is 2.31. The number of carbonyl (C=O) groups is 2. The smallest absolute Gasteiger partial charge is 0.335 e. The van der Waals surface area contributed by atoms with Crippen LogP contribution in [0.3, 0.4) is 0 Å². The van der Waals surface area contributed by atoms with E-state index in [1.165, 1.54) is 0 Å². The molecule has 4 nitrogen and oxygen atoms in total. The molecule has 1 aliphatic heterocycles. The van der Waals surface area contributed by atoms with Crippen molar-refractivity contribution in [1.29, 1.82) is 0 Å². The molecule has 1 aliphatic rings. The molecule has 0 bridgehead atoms. The average molecular weight is 371 g/mol. The number of carboxylic acid groups (broad SMARTS) is 1. The summed E-state index contributed by atoms with van der Waals surface area (Å²) >= 11 is 0. The van der Waals surface area contributed by atoms with Gasteiger partial charge in [-0.2, -0.15) is 0 Å². The Morgan fingerprint density at radius 3 is 2.36 bits per heavy atom. The number of nitrogens with zero attached hydrogens (tertiary/aromatic N) is 1. The van der Waals surface area contributed by atoms with Crippen LogP contribution in [0.25, 0.3) is 11.1 Å². The number of rotatable bonds is 4. The van der Waals surface area contributed by atoms with E-state index in [4.69, 9.17) is 0 Å². The molecular weight excluding hydrogens is 350 g/mol. The zero-order chi connectivity index (χ0) is 19.7. The van der Waals surface area contributed by atoms with Crippen LogP contribution in [-0.2, 0) is 17.6 Å². The van der Waals surface area contributed by atoms with Crippen LogP contribution in [0.2, 0.25) is 0 Å². The minimum atomic E-state index is -0.949. The van der Waals surface area contributed by atoms with Crippen molar-refractivity contribution in [1.82, 2.24) is 0 Å². The number of benzene rings is 3. The predicted molar refractivity (Wildman–Crippen MR) is 110 cm³/mol. The van der Waals surface area contributed by atoms with Crippen LogP contribution in [0, 0.1) is 5.92 Å². The molecule has 0 radical (unpaired) electrons. The van der Waals surface area contributed by atoms with Gasteiger partial charge in [0.15, 0.2) is 0 Å². The SMILES string of the molecule is CN1C(=O)C(Cc2ccc(-c3ccccc3)cc2)Cc2cc(C(=O)O)ccc21. The summed E-state index contributed by atoms with van der Waals surface area (Å²) in [7, 11) is 1.76. The molecule has 0 aromatic heterocycles. The molecule has 1 N–H and O–H groups in total. The molecule has 0 saturated carbocycles. The number of fused-ring (bicyclic) bond motifs is 1. The lowest BCUT2D eigenvalue weighted by Crippen LogP contribution is -2.39. The van der Waals surface area contributed by atoms with Crippen LogP contribution >= 0.6 is 0 Å². The Morgan fingerprint density at radius 1 is 1.00 bits per heavy atom. The van der Waals surface area contributed by atoms with E-state index in [2.05, 4.69) is 36.4 Å². The van der Waals surface area contributed by atoms with Gasteiger partial charge >= 0.3 is 5.97 Å². The molecule has 4 rings (SSSR count). The molecule has 1 unspecified atom stereocenters. The second-order valence-corrected chi connectivity index (χ2v) is 7.21. The molecule has 0 aliphatic carbocycles. The quantitative estimate of drug-likeness (QED) is 0.738. The molecule has 1 heterocycles. The minimum absolute atomic E-state index is 0.0720. The summed E-state index contributed by atoms with van der Waals surface area (Å²) in [6.07, 6.45) is 1.19. The van der Waals surface area contributed by atoms with Gasteiger partial charge in [0.25, 0.3) is 0 Å². The second kappa shape index (κ2) is 7.31. The van der Waals surface area contributed by atoms with Gasteiger partial charge in [0.1, 0.15) is 0 Å². The standard InChI is InChI=1S/C24H21NO3/c1-25-22-12-11-19(24(27)28)14-20(22)15-21(23(25)26)13-16-7-9-18(10-8-16)17-5-3-2-4-6-17/h2-12,14,21H,13,15H2,1H3,(H,27,28). The Bertz CT molecular complexity index is 1030. The summed E-state index contributed by atoms with van der Waals surface area (Å²) in [6, 6.07) is 23.4. The summed E-state index contributed by atoms with van der Waals surface area (Å²) in [4.78, 5) is 25.7. The molecule has 28 heavy (non-hydrogen) atoms. The maximum absolute atomic E-state index is 12.8.